The van der Waals surface area contributed by atoms with E-state index in [1.54, 1.807) is 0 Å². The van der Waals surface area contributed by atoms with E-state index >= 15 is 0 Å². The van der Waals surface area contributed by atoms with Crippen molar-refractivity contribution in [1.29, 1.82) is 0 Å². The third kappa shape index (κ3) is 6.56. The van der Waals surface area contributed by atoms with Crippen LogP contribution in [0, 0.1) is 40.5 Å². The number of benzene rings is 2. The van der Waals surface area contributed by atoms with Gasteiger partial charge in [0.25, 0.3) is 22.7 Å². The predicted octanol–water partition coefficient (Wildman–Crippen LogP) is 3.13. The third-order valence-electron chi connectivity index (χ3n) is 4.93. The molecule has 0 bridgehead atoms. The molecule has 2 aromatic carbocycles. The van der Waals surface area contributed by atoms with E-state index in [4.69, 9.17) is 0 Å². The highest BCUT2D eigenvalue weighted by Gasteiger charge is 2.29. The number of amides is 1. The van der Waals surface area contributed by atoms with E-state index in [-0.39, 0.29) is 18.7 Å². The molecule has 0 spiro atoms. The summed E-state index contributed by atoms with van der Waals surface area (Å²) in [6, 6.07) is 5.67. The van der Waals surface area contributed by atoms with Gasteiger partial charge >= 0.3 is 0 Å². The van der Waals surface area contributed by atoms with Gasteiger partial charge in [-0.1, -0.05) is 0 Å². The van der Waals surface area contributed by atoms with Crippen LogP contribution in [0.5, 0.6) is 0 Å². The van der Waals surface area contributed by atoms with Crippen LogP contribution < -0.4 is 16.0 Å². The standard InChI is InChI=1S/C19H21N7O9/c1-20-19(27)12(22-18-15(25(32)33)9-5-10-16(18)26(34)35)6-2-3-11-21-17-13(23(28)29)7-4-8-14(17)24(30)31/h4-5,7-10,12,21-22H,2-3,6,11H2,1H3,(H,20,27)/t12-/m0/s1. The highest BCUT2D eigenvalue weighted by molar-refractivity contribution is 5.87. The maximum Gasteiger partial charge on any atom is 0.299 e. The van der Waals surface area contributed by atoms with E-state index in [1.807, 2.05) is 0 Å². The molecule has 2 rings (SSSR count). The van der Waals surface area contributed by atoms with E-state index < -0.39 is 60.1 Å². The molecule has 1 amide bonds. The fourth-order valence-electron chi connectivity index (χ4n) is 3.30. The van der Waals surface area contributed by atoms with Gasteiger partial charge in [0.05, 0.1) is 19.7 Å². The minimum Gasteiger partial charge on any atom is -0.374 e. The van der Waals surface area contributed by atoms with E-state index in [1.165, 1.54) is 13.1 Å². The van der Waals surface area contributed by atoms with E-state index in [2.05, 4.69) is 16.0 Å². The molecule has 35 heavy (non-hydrogen) atoms. The van der Waals surface area contributed by atoms with Crippen molar-refractivity contribution < 1.29 is 24.5 Å². The Morgan fingerprint density at radius 2 is 1.20 bits per heavy atom. The highest BCUT2D eigenvalue weighted by Crippen LogP contribution is 2.35. The lowest BCUT2D eigenvalue weighted by Gasteiger charge is -2.18. The quantitative estimate of drug-likeness (QED) is 0.209. The van der Waals surface area contributed by atoms with Crippen LogP contribution >= 0.6 is 0 Å². The van der Waals surface area contributed by atoms with Gasteiger partial charge in [-0.2, -0.15) is 0 Å². The second kappa shape index (κ2) is 11.8. The highest BCUT2D eigenvalue weighted by atomic mass is 16.6. The number of hydrogen-bond acceptors (Lipinski definition) is 11. The Kier molecular flexibility index (Phi) is 8.90. The van der Waals surface area contributed by atoms with Crippen molar-refractivity contribution in [2.24, 2.45) is 0 Å². The molecule has 0 saturated carbocycles. The van der Waals surface area contributed by atoms with Gasteiger partial charge in [0.1, 0.15) is 6.04 Å². The van der Waals surface area contributed by atoms with Crippen molar-refractivity contribution in [3.05, 3.63) is 76.9 Å². The zero-order valence-electron chi connectivity index (χ0n) is 18.3. The Morgan fingerprint density at radius 3 is 1.60 bits per heavy atom. The maximum absolute atomic E-state index is 12.3. The molecule has 0 aliphatic rings. The van der Waals surface area contributed by atoms with Crippen molar-refractivity contribution in [3.63, 3.8) is 0 Å². The first kappa shape index (κ1) is 26.4. The number of nitro groups is 4. The summed E-state index contributed by atoms with van der Waals surface area (Å²) >= 11 is 0. The SMILES string of the molecule is CNC(=O)[C@H](CCCCNc1c([N+](=O)[O-])cccc1[N+](=O)[O-])Nc1c([N+](=O)[O-])cccc1[N+](=O)[O-]. The minimum atomic E-state index is -1.07. The number of hydrogen-bond donors (Lipinski definition) is 3. The second-order valence-corrected chi connectivity index (χ2v) is 7.10. The molecular formula is C19H21N7O9. The molecule has 0 aromatic heterocycles. The van der Waals surface area contributed by atoms with Gasteiger partial charge in [0.15, 0.2) is 11.4 Å². The molecule has 0 fully saturated rings. The zero-order valence-corrected chi connectivity index (χ0v) is 18.3. The molecule has 3 N–H and O–H groups in total. The summed E-state index contributed by atoms with van der Waals surface area (Å²) in [5, 5.41) is 52.7. The summed E-state index contributed by atoms with van der Waals surface area (Å²) in [6.07, 6.45) is 0.682. The molecular weight excluding hydrogens is 470 g/mol. The molecule has 186 valence electrons. The smallest absolute Gasteiger partial charge is 0.299 e. The normalized spacial score (nSPS) is 11.2. The van der Waals surface area contributed by atoms with Gasteiger partial charge in [-0.3, -0.25) is 45.3 Å². The number of nitrogens with zero attached hydrogens (tertiary/aromatic N) is 4. The largest absolute Gasteiger partial charge is 0.374 e. The molecule has 0 aliphatic heterocycles. The van der Waals surface area contributed by atoms with Gasteiger partial charge in [-0.25, -0.2) is 0 Å². The number of carbonyl (C=O) groups excluding carboxylic acids is 1. The summed E-state index contributed by atoms with van der Waals surface area (Å²) in [7, 11) is 1.33. The molecule has 16 nitrogen and oxygen atoms in total. The number of rotatable bonds is 13. The van der Waals surface area contributed by atoms with Crippen LogP contribution in [0.15, 0.2) is 36.4 Å². The lowest BCUT2D eigenvalue weighted by molar-refractivity contribution is -0.392. The third-order valence-corrected chi connectivity index (χ3v) is 4.93. The minimum absolute atomic E-state index is 0.0811. The van der Waals surface area contributed by atoms with Crippen molar-refractivity contribution in [3.8, 4) is 0 Å². The fourth-order valence-corrected chi connectivity index (χ4v) is 3.30. The second-order valence-electron chi connectivity index (χ2n) is 7.10. The summed E-state index contributed by atoms with van der Waals surface area (Å²) in [5.41, 5.74) is -2.73. The number of anilines is 2. The molecule has 0 radical (unpaired) electrons. The van der Waals surface area contributed by atoms with Crippen LogP contribution in [0.4, 0.5) is 34.1 Å². The molecule has 0 heterocycles. The summed E-state index contributed by atoms with van der Waals surface area (Å²) in [4.78, 5) is 54.3. The average molecular weight is 491 g/mol. The Hall–Kier alpha value is -4.89. The molecule has 0 unspecified atom stereocenters. The van der Waals surface area contributed by atoms with Crippen LogP contribution in [0.25, 0.3) is 0 Å². The van der Waals surface area contributed by atoms with Crippen molar-refractivity contribution in [2.75, 3.05) is 24.2 Å². The van der Waals surface area contributed by atoms with Gasteiger partial charge in [0.2, 0.25) is 5.91 Å². The first-order valence-corrected chi connectivity index (χ1v) is 10.1. The van der Waals surface area contributed by atoms with Gasteiger partial charge in [0, 0.05) is 37.9 Å². The summed E-state index contributed by atoms with van der Waals surface area (Å²) in [6.45, 7) is 0.0811. The number of para-hydroxylation sites is 2. The van der Waals surface area contributed by atoms with E-state index in [0.29, 0.717) is 12.8 Å². The van der Waals surface area contributed by atoms with Gasteiger partial charge in [-0.15, -0.1) is 0 Å². The van der Waals surface area contributed by atoms with Crippen LogP contribution in [0.3, 0.4) is 0 Å². The number of carbonyl (C=O) groups is 1. The van der Waals surface area contributed by atoms with Crippen LogP contribution in [-0.4, -0.2) is 45.2 Å². The predicted molar refractivity (Wildman–Crippen MR) is 123 cm³/mol. The van der Waals surface area contributed by atoms with Crippen LogP contribution in [-0.2, 0) is 4.79 Å². The first-order chi connectivity index (χ1) is 16.6. The zero-order chi connectivity index (χ0) is 26.1. The first-order valence-electron chi connectivity index (χ1n) is 10.1. The van der Waals surface area contributed by atoms with Crippen LogP contribution in [0.1, 0.15) is 19.3 Å². The number of likely N-dealkylation sites (N-methyl/N-ethyl adjacent to an activating group) is 1. The number of unbranched alkanes of at least 4 members (excludes halogenated alkanes) is 1. The van der Waals surface area contributed by atoms with Crippen LogP contribution in [0.2, 0.25) is 0 Å². The van der Waals surface area contributed by atoms with Gasteiger partial charge in [-0.05, 0) is 31.4 Å². The average Bonchev–Trinajstić information content (AvgIpc) is 2.81. The topological polar surface area (TPSA) is 226 Å². The Morgan fingerprint density at radius 1 is 0.771 bits per heavy atom. The van der Waals surface area contributed by atoms with Crippen molar-refractivity contribution in [2.45, 2.75) is 25.3 Å². The monoisotopic (exact) mass is 491 g/mol. The van der Waals surface area contributed by atoms with Gasteiger partial charge < -0.3 is 16.0 Å². The molecule has 0 saturated heterocycles. The lowest BCUT2D eigenvalue weighted by Crippen LogP contribution is -2.38. The molecule has 2 aromatic rings. The Bertz CT molecular complexity index is 1090. The fraction of sp³-hybridized carbons (Fsp3) is 0.316. The maximum atomic E-state index is 12.3. The van der Waals surface area contributed by atoms with Crippen molar-refractivity contribution in [1.82, 2.24) is 5.32 Å². The summed E-state index contributed by atoms with van der Waals surface area (Å²) in [5.74, 6) is -0.570. The molecule has 16 heteroatoms. The Labute approximate surface area is 196 Å². The molecule has 0 aliphatic carbocycles. The number of nitrogens with one attached hydrogen (secondary N) is 3. The molecule has 1 atom stereocenters. The number of nitro benzene ring substituents is 4. The van der Waals surface area contributed by atoms with E-state index in [9.17, 15) is 45.3 Å². The summed E-state index contributed by atoms with van der Waals surface area (Å²) < 4.78 is 0. The lowest BCUT2D eigenvalue weighted by atomic mass is 10.1. The van der Waals surface area contributed by atoms with E-state index in [0.717, 1.165) is 30.3 Å². The van der Waals surface area contributed by atoms with Crippen molar-refractivity contribution >= 4 is 40.0 Å². The Balaban J connectivity index is 2.12.